The number of carbonyl (C=O) groups excluding carboxylic acids is 1. The lowest BCUT2D eigenvalue weighted by Gasteiger charge is -2.20. The van der Waals surface area contributed by atoms with Gasteiger partial charge in [-0.25, -0.2) is 0 Å². The van der Waals surface area contributed by atoms with Crippen molar-refractivity contribution in [3.05, 3.63) is 21.9 Å². The molecule has 0 saturated carbocycles. The van der Waals surface area contributed by atoms with Crippen LogP contribution in [-0.2, 0) is 5.41 Å². The highest BCUT2D eigenvalue weighted by atomic mass is 32.1. The molecule has 0 saturated heterocycles. The lowest BCUT2D eigenvalue weighted by atomic mass is 9.89. The van der Waals surface area contributed by atoms with Crippen LogP contribution in [0.4, 0.5) is 0 Å². The van der Waals surface area contributed by atoms with Crippen molar-refractivity contribution >= 4 is 17.1 Å². The number of hydrogen-bond donors (Lipinski definition) is 0. The molecule has 2 heteroatoms. The minimum absolute atomic E-state index is 0.170. The first-order chi connectivity index (χ1) is 5.97. The summed E-state index contributed by atoms with van der Waals surface area (Å²) < 4.78 is 0. The summed E-state index contributed by atoms with van der Waals surface area (Å²) in [5.41, 5.74) is 0.207. The molecule has 0 aliphatic heterocycles. The molecule has 0 amide bonds. The van der Waals surface area contributed by atoms with Gasteiger partial charge in [-0.05, 0) is 30.9 Å². The predicted octanol–water partition coefficient (Wildman–Crippen LogP) is 3.64. The monoisotopic (exact) mass is 196 g/mol. The smallest absolute Gasteiger partial charge is 0.169 e. The topological polar surface area (TPSA) is 17.1 Å². The van der Waals surface area contributed by atoms with Gasteiger partial charge in [0, 0.05) is 4.88 Å². The van der Waals surface area contributed by atoms with Crippen molar-refractivity contribution in [1.29, 1.82) is 0 Å². The maximum absolute atomic E-state index is 11.1. The fraction of sp³-hybridized carbons (Fsp3) is 0.545. The van der Waals surface area contributed by atoms with Crippen LogP contribution in [-0.4, -0.2) is 5.78 Å². The molecule has 0 aliphatic rings. The molecule has 1 nitrogen and oxygen atoms in total. The van der Waals surface area contributed by atoms with Gasteiger partial charge in [-0.1, -0.05) is 20.8 Å². The van der Waals surface area contributed by atoms with Crippen LogP contribution in [0.15, 0.2) is 12.1 Å². The molecule has 0 N–H and O–H groups in total. The van der Waals surface area contributed by atoms with Gasteiger partial charge >= 0.3 is 0 Å². The number of Topliss-reactive ketones (excluding diaryl/α,β-unsaturated/α-hetero) is 1. The lowest BCUT2D eigenvalue weighted by Crippen LogP contribution is -2.12. The second-order valence-electron chi connectivity index (χ2n) is 3.96. The second kappa shape index (κ2) is 3.62. The quantitative estimate of drug-likeness (QED) is 0.674. The van der Waals surface area contributed by atoms with E-state index in [2.05, 4.69) is 26.8 Å². The van der Waals surface area contributed by atoms with Crippen LogP contribution in [0.5, 0.6) is 0 Å². The highest BCUT2D eigenvalue weighted by molar-refractivity contribution is 7.14. The van der Waals surface area contributed by atoms with E-state index in [1.165, 1.54) is 4.88 Å². The Hall–Kier alpha value is -0.630. The van der Waals surface area contributed by atoms with Gasteiger partial charge in [0.1, 0.15) is 0 Å². The van der Waals surface area contributed by atoms with Gasteiger partial charge in [0.15, 0.2) is 5.78 Å². The molecule has 13 heavy (non-hydrogen) atoms. The van der Waals surface area contributed by atoms with E-state index in [0.717, 1.165) is 11.3 Å². The van der Waals surface area contributed by atoms with E-state index in [0.29, 0.717) is 0 Å². The molecule has 0 atom stereocenters. The summed E-state index contributed by atoms with van der Waals surface area (Å²) in [5, 5.41) is 0. The number of carbonyl (C=O) groups is 1. The fourth-order valence-corrected chi connectivity index (χ4v) is 2.14. The molecule has 0 fully saturated rings. The molecule has 1 aromatic rings. The molecule has 0 spiro atoms. The first-order valence-electron chi connectivity index (χ1n) is 4.58. The Kier molecular flexibility index (Phi) is 2.91. The molecule has 0 aliphatic carbocycles. The van der Waals surface area contributed by atoms with E-state index in [9.17, 15) is 4.79 Å². The molecule has 1 aromatic heterocycles. The molecule has 0 radical (unpaired) electrons. The first-order valence-corrected chi connectivity index (χ1v) is 5.40. The summed E-state index contributed by atoms with van der Waals surface area (Å²) >= 11 is 1.62. The van der Waals surface area contributed by atoms with Crippen molar-refractivity contribution in [2.75, 3.05) is 0 Å². The van der Waals surface area contributed by atoms with Crippen molar-refractivity contribution in [2.24, 2.45) is 0 Å². The average Bonchev–Trinajstić information content (AvgIpc) is 2.52. The highest BCUT2D eigenvalue weighted by Gasteiger charge is 2.20. The first kappa shape index (κ1) is 10.5. The van der Waals surface area contributed by atoms with Gasteiger partial charge in [0.25, 0.3) is 0 Å². The van der Waals surface area contributed by atoms with Crippen molar-refractivity contribution in [2.45, 2.75) is 39.5 Å². The van der Waals surface area contributed by atoms with E-state index < -0.39 is 0 Å². The summed E-state index contributed by atoms with van der Waals surface area (Å²) in [6, 6.07) is 4.00. The molecule has 0 aromatic carbocycles. The van der Waals surface area contributed by atoms with Gasteiger partial charge in [-0.2, -0.15) is 0 Å². The molecule has 1 rings (SSSR count). The molecular formula is C11H16OS. The average molecular weight is 196 g/mol. The largest absolute Gasteiger partial charge is 0.294 e. The Morgan fingerprint density at radius 2 is 2.08 bits per heavy atom. The van der Waals surface area contributed by atoms with Crippen molar-refractivity contribution in [3.63, 3.8) is 0 Å². The Morgan fingerprint density at radius 3 is 2.46 bits per heavy atom. The Labute approximate surface area is 83.8 Å². The van der Waals surface area contributed by atoms with E-state index >= 15 is 0 Å². The van der Waals surface area contributed by atoms with E-state index in [1.807, 2.05) is 6.07 Å². The van der Waals surface area contributed by atoms with Gasteiger partial charge in [-0.15, -0.1) is 11.3 Å². The maximum atomic E-state index is 11.1. The SMILES string of the molecule is CCC(C)(C)c1ccc(C(C)=O)s1. The number of ketones is 1. The van der Waals surface area contributed by atoms with Crippen LogP contribution >= 0.6 is 11.3 Å². The van der Waals surface area contributed by atoms with Gasteiger partial charge in [0.2, 0.25) is 0 Å². The number of hydrogen-bond acceptors (Lipinski definition) is 2. The van der Waals surface area contributed by atoms with Gasteiger partial charge in [0.05, 0.1) is 4.88 Å². The summed E-state index contributed by atoms with van der Waals surface area (Å²) in [6.07, 6.45) is 1.10. The van der Waals surface area contributed by atoms with Crippen molar-refractivity contribution in [3.8, 4) is 0 Å². The maximum Gasteiger partial charge on any atom is 0.169 e. The minimum Gasteiger partial charge on any atom is -0.294 e. The van der Waals surface area contributed by atoms with E-state index in [-0.39, 0.29) is 11.2 Å². The molecule has 0 bridgehead atoms. The van der Waals surface area contributed by atoms with Crippen LogP contribution in [0.25, 0.3) is 0 Å². The van der Waals surface area contributed by atoms with Gasteiger partial charge in [-0.3, -0.25) is 4.79 Å². The highest BCUT2D eigenvalue weighted by Crippen LogP contribution is 2.32. The summed E-state index contributed by atoms with van der Waals surface area (Å²) in [7, 11) is 0. The third kappa shape index (κ3) is 2.19. The Balaban J connectivity index is 2.98. The molecule has 0 unspecified atom stereocenters. The Bertz CT molecular complexity index is 310. The van der Waals surface area contributed by atoms with Crippen LogP contribution < -0.4 is 0 Å². The third-order valence-corrected chi connectivity index (χ3v) is 4.06. The van der Waals surface area contributed by atoms with Crippen molar-refractivity contribution in [1.82, 2.24) is 0 Å². The standard InChI is InChI=1S/C11H16OS/c1-5-11(3,4)10-7-6-9(13-10)8(2)12/h6-7H,5H2,1-4H3. The zero-order valence-electron chi connectivity index (χ0n) is 8.68. The molecule has 72 valence electrons. The summed E-state index contributed by atoms with van der Waals surface area (Å²) in [6.45, 7) is 8.22. The third-order valence-electron chi connectivity index (χ3n) is 2.50. The summed E-state index contributed by atoms with van der Waals surface area (Å²) in [5.74, 6) is 0.170. The lowest BCUT2D eigenvalue weighted by molar-refractivity contribution is 0.102. The van der Waals surface area contributed by atoms with E-state index in [1.54, 1.807) is 18.3 Å². The second-order valence-corrected chi connectivity index (χ2v) is 5.04. The molecular weight excluding hydrogens is 180 g/mol. The van der Waals surface area contributed by atoms with Crippen molar-refractivity contribution < 1.29 is 4.79 Å². The minimum atomic E-state index is 0.170. The number of thiophene rings is 1. The number of rotatable bonds is 3. The molecule has 1 heterocycles. The zero-order chi connectivity index (χ0) is 10.1. The van der Waals surface area contributed by atoms with Gasteiger partial charge < -0.3 is 0 Å². The van der Waals surface area contributed by atoms with Crippen LogP contribution in [0, 0.1) is 0 Å². The van der Waals surface area contributed by atoms with Crippen LogP contribution in [0.3, 0.4) is 0 Å². The zero-order valence-corrected chi connectivity index (χ0v) is 9.49. The van der Waals surface area contributed by atoms with Crippen LogP contribution in [0.1, 0.15) is 48.7 Å². The predicted molar refractivity (Wildman–Crippen MR) is 57.6 cm³/mol. The Morgan fingerprint density at radius 1 is 1.46 bits per heavy atom. The van der Waals surface area contributed by atoms with Crippen LogP contribution in [0.2, 0.25) is 0 Å². The summed E-state index contributed by atoms with van der Waals surface area (Å²) in [4.78, 5) is 13.3. The normalized spacial score (nSPS) is 11.7. The van der Waals surface area contributed by atoms with E-state index in [4.69, 9.17) is 0 Å². The fourth-order valence-electron chi connectivity index (χ4n) is 1.07.